The van der Waals surface area contributed by atoms with Crippen LogP contribution in [0, 0.1) is 0 Å². The molecule has 8 heteroatoms. The molecule has 0 unspecified atom stereocenters. The van der Waals surface area contributed by atoms with Gasteiger partial charge < -0.3 is 4.74 Å². The number of nitrogens with zero attached hydrogens (tertiary/aromatic N) is 5. The van der Waals surface area contributed by atoms with Crippen LogP contribution in [-0.2, 0) is 14.1 Å². The van der Waals surface area contributed by atoms with Crippen LogP contribution in [0.15, 0.2) is 47.7 Å². The summed E-state index contributed by atoms with van der Waals surface area (Å²) in [5, 5.41) is 4.95. The number of fused-ring (bicyclic) bond motifs is 1. The number of ether oxygens (including phenoxy) is 1. The maximum absolute atomic E-state index is 12.7. The molecule has 0 spiro atoms. The average Bonchev–Trinajstić information content (AvgIpc) is 3.23. The van der Waals surface area contributed by atoms with Crippen molar-refractivity contribution in [2.24, 2.45) is 14.1 Å². The average molecular weight is 398 g/mol. The molecule has 4 rings (SSSR count). The lowest BCUT2D eigenvalue weighted by Crippen LogP contribution is -2.20. The Kier molecular flexibility index (Phi) is 4.47. The van der Waals surface area contributed by atoms with Crippen LogP contribution in [0.3, 0.4) is 0 Å². The molecule has 0 aliphatic rings. The van der Waals surface area contributed by atoms with Crippen molar-refractivity contribution in [3.63, 3.8) is 0 Å². The molecule has 4 aromatic rings. The highest BCUT2D eigenvalue weighted by Gasteiger charge is 2.15. The maximum Gasteiger partial charge on any atom is 0.279 e. The maximum atomic E-state index is 12.7. The first kappa shape index (κ1) is 18.3. The number of benzene rings is 1. The van der Waals surface area contributed by atoms with Crippen LogP contribution < -0.4 is 10.3 Å². The molecule has 0 N–H and O–H groups in total. The Morgan fingerprint density at radius 3 is 2.43 bits per heavy atom. The minimum absolute atomic E-state index is 0.159. The zero-order valence-corrected chi connectivity index (χ0v) is 16.8. The molecule has 28 heavy (non-hydrogen) atoms. The summed E-state index contributed by atoms with van der Waals surface area (Å²) in [5.74, 6) is 2.04. The second-order valence-corrected chi connectivity index (χ2v) is 7.39. The molecule has 0 radical (unpaired) electrons. The Morgan fingerprint density at radius 1 is 1.11 bits per heavy atom. The van der Waals surface area contributed by atoms with Crippen molar-refractivity contribution in [3.05, 3.63) is 64.1 Å². The molecule has 0 aliphatic carbocycles. The molecule has 0 fully saturated rings. The fourth-order valence-corrected chi connectivity index (χ4v) is 3.40. The van der Waals surface area contributed by atoms with Gasteiger partial charge in [0.05, 0.1) is 17.4 Å². The Hall–Kier alpha value is -3.06. The van der Waals surface area contributed by atoms with E-state index < -0.39 is 0 Å². The van der Waals surface area contributed by atoms with Crippen LogP contribution in [0.4, 0.5) is 0 Å². The number of rotatable bonds is 4. The second kappa shape index (κ2) is 6.83. The molecule has 3 heterocycles. The number of imidazole rings is 1. The zero-order valence-electron chi connectivity index (χ0n) is 16.0. The molecular formula is C20H20ClN5O2. The van der Waals surface area contributed by atoms with Crippen molar-refractivity contribution in [2.75, 3.05) is 0 Å². The van der Waals surface area contributed by atoms with Gasteiger partial charge in [0.25, 0.3) is 5.56 Å². The van der Waals surface area contributed by atoms with Gasteiger partial charge in [-0.1, -0.05) is 25.4 Å². The molecule has 0 atom stereocenters. The molecule has 7 nitrogen and oxygen atoms in total. The van der Waals surface area contributed by atoms with Crippen LogP contribution in [-0.4, -0.2) is 23.7 Å². The van der Waals surface area contributed by atoms with Gasteiger partial charge in [-0.3, -0.25) is 18.4 Å². The summed E-state index contributed by atoms with van der Waals surface area (Å²) in [5.41, 5.74) is 1.97. The van der Waals surface area contributed by atoms with Gasteiger partial charge in [-0.05, 0) is 24.3 Å². The van der Waals surface area contributed by atoms with Crippen LogP contribution in [0.25, 0.3) is 16.8 Å². The lowest BCUT2D eigenvalue weighted by molar-refractivity contribution is 0.430. The molecule has 0 bridgehead atoms. The summed E-state index contributed by atoms with van der Waals surface area (Å²) in [4.78, 5) is 17.0. The molecule has 0 saturated heterocycles. The summed E-state index contributed by atoms with van der Waals surface area (Å²) in [6.45, 7) is 4.07. The predicted octanol–water partition coefficient (Wildman–Crippen LogP) is 4.00. The van der Waals surface area contributed by atoms with Crippen molar-refractivity contribution in [3.8, 4) is 22.9 Å². The van der Waals surface area contributed by atoms with Crippen LogP contribution in [0.2, 0.25) is 5.02 Å². The largest absolute Gasteiger partial charge is 0.439 e. The SMILES string of the molecule is CC(C)c1ncc2c(=O)n(C)c(Oc3ccc(-c4nn(C)cc4Cl)cc3)cn12. The van der Waals surface area contributed by atoms with E-state index in [-0.39, 0.29) is 11.5 Å². The standard InChI is InChI=1S/C20H20ClN5O2/c1-12(2)19-22-9-16-20(27)25(4)17(11-26(16)19)28-14-7-5-13(6-8-14)18-15(21)10-24(3)23-18/h5-12H,1-4H3. The van der Waals surface area contributed by atoms with E-state index in [1.165, 1.54) is 4.57 Å². The second-order valence-electron chi connectivity index (χ2n) is 6.98. The molecular weight excluding hydrogens is 378 g/mol. The Labute approximate surface area is 166 Å². The van der Waals surface area contributed by atoms with Crippen molar-refractivity contribution in [2.45, 2.75) is 19.8 Å². The summed E-state index contributed by atoms with van der Waals surface area (Å²) in [6, 6.07) is 7.42. The zero-order chi connectivity index (χ0) is 20.0. The van der Waals surface area contributed by atoms with Crippen molar-refractivity contribution < 1.29 is 4.74 Å². The highest BCUT2D eigenvalue weighted by molar-refractivity contribution is 6.33. The Balaban J connectivity index is 1.70. The van der Waals surface area contributed by atoms with E-state index >= 15 is 0 Å². The third-order valence-corrected chi connectivity index (χ3v) is 4.85. The third-order valence-electron chi connectivity index (χ3n) is 4.57. The van der Waals surface area contributed by atoms with Gasteiger partial charge in [-0.25, -0.2) is 4.98 Å². The fraction of sp³-hybridized carbons (Fsp3) is 0.250. The smallest absolute Gasteiger partial charge is 0.279 e. The van der Waals surface area contributed by atoms with Gasteiger partial charge in [0.1, 0.15) is 22.8 Å². The quantitative estimate of drug-likeness (QED) is 0.522. The van der Waals surface area contributed by atoms with E-state index in [1.54, 1.807) is 34.7 Å². The van der Waals surface area contributed by atoms with E-state index in [9.17, 15) is 4.79 Å². The lowest BCUT2D eigenvalue weighted by Gasteiger charge is -2.12. The minimum Gasteiger partial charge on any atom is -0.439 e. The van der Waals surface area contributed by atoms with E-state index in [0.717, 1.165) is 11.4 Å². The monoisotopic (exact) mass is 397 g/mol. The van der Waals surface area contributed by atoms with Gasteiger partial charge >= 0.3 is 0 Å². The van der Waals surface area contributed by atoms with Crippen molar-refractivity contribution >= 4 is 17.1 Å². The summed E-state index contributed by atoms with van der Waals surface area (Å²) >= 11 is 6.21. The van der Waals surface area contributed by atoms with Crippen LogP contribution in [0.1, 0.15) is 25.6 Å². The van der Waals surface area contributed by atoms with E-state index in [2.05, 4.69) is 10.1 Å². The first-order valence-electron chi connectivity index (χ1n) is 8.89. The number of hydrogen-bond acceptors (Lipinski definition) is 4. The van der Waals surface area contributed by atoms with E-state index in [1.807, 2.05) is 45.2 Å². The number of halogens is 1. The molecule has 144 valence electrons. The van der Waals surface area contributed by atoms with E-state index in [4.69, 9.17) is 16.3 Å². The van der Waals surface area contributed by atoms with Gasteiger partial charge in [0, 0.05) is 31.8 Å². The topological polar surface area (TPSA) is 66.4 Å². The van der Waals surface area contributed by atoms with Gasteiger partial charge in [-0.15, -0.1) is 0 Å². The first-order valence-corrected chi connectivity index (χ1v) is 9.27. The van der Waals surface area contributed by atoms with Gasteiger partial charge in [-0.2, -0.15) is 5.10 Å². The third kappa shape index (κ3) is 3.07. The molecule has 0 saturated carbocycles. The minimum atomic E-state index is -0.159. The molecule has 0 aliphatic heterocycles. The van der Waals surface area contributed by atoms with Gasteiger partial charge in [0.15, 0.2) is 0 Å². The normalized spacial score (nSPS) is 11.5. The summed E-state index contributed by atoms with van der Waals surface area (Å²) in [7, 11) is 3.51. The fourth-order valence-electron chi connectivity index (χ4n) is 3.12. The number of hydrogen-bond donors (Lipinski definition) is 0. The Morgan fingerprint density at radius 2 is 1.82 bits per heavy atom. The molecule has 1 aromatic carbocycles. The molecule has 0 amide bonds. The number of aryl methyl sites for hydroxylation is 1. The lowest BCUT2D eigenvalue weighted by atomic mass is 10.1. The predicted molar refractivity (Wildman–Crippen MR) is 108 cm³/mol. The highest BCUT2D eigenvalue weighted by Crippen LogP contribution is 2.29. The van der Waals surface area contributed by atoms with Crippen molar-refractivity contribution in [1.29, 1.82) is 0 Å². The van der Waals surface area contributed by atoms with Crippen LogP contribution in [0.5, 0.6) is 11.6 Å². The van der Waals surface area contributed by atoms with Crippen LogP contribution >= 0.6 is 11.6 Å². The highest BCUT2D eigenvalue weighted by atomic mass is 35.5. The summed E-state index contributed by atoms with van der Waals surface area (Å²) < 4.78 is 10.9. The number of aromatic nitrogens is 5. The van der Waals surface area contributed by atoms with E-state index in [0.29, 0.717) is 27.9 Å². The molecule has 3 aromatic heterocycles. The van der Waals surface area contributed by atoms with Gasteiger partial charge in [0.2, 0.25) is 5.88 Å². The Bertz CT molecular complexity index is 1220. The summed E-state index contributed by atoms with van der Waals surface area (Å²) in [6.07, 6.45) is 5.15. The first-order chi connectivity index (χ1) is 13.3. The van der Waals surface area contributed by atoms with Crippen molar-refractivity contribution in [1.82, 2.24) is 23.7 Å².